The van der Waals surface area contributed by atoms with Crippen molar-refractivity contribution in [2.75, 3.05) is 11.5 Å². The van der Waals surface area contributed by atoms with Gasteiger partial charge in [-0.2, -0.15) is 18.3 Å². The Labute approximate surface area is 247 Å². The summed E-state index contributed by atoms with van der Waals surface area (Å²) >= 11 is 1.97. The van der Waals surface area contributed by atoms with E-state index in [4.69, 9.17) is 9.47 Å². The number of ether oxygens (including phenoxy) is 2. The van der Waals surface area contributed by atoms with Crippen LogP contribution in [0.4, 0.5) is 18.9 Å². The first-order chi connectivity index (χ1) is 19.6. The van der Waals surface area contributed by atoms with Crippen LogP contribution < -0.4 is 9.64 Å². The van der Waals surface area contributed by atoms with Gasteiger partial charge in [0, 0.05) is 9.13 Å². The molecule has 11 heteroatoms. The topological polar surface area (TPSA) is 73.7 Å². The average molecular weight is 673 g/mol. The Morgan fingerprint density at radius 2 is 1.71 bits per heavy atom. The molecule has 210 valence electrons. The number of amides is 1. The number of anilines is 1. The van der Waals surface area contributed by atoms with Crippen LogP contribution in [0.15, 0.2) is 78.9 Å². The third-order valence-corrected chi connectivity index (χ3v) is 8.21. The normalized spacial score (nSPS) is 21.1. The highest BCUT2D eigenvalue weighted by Gasteiger charge is 2.85. The maximum Gasteiger partial charge on any atom is 0.414 e. The summed E-state index contributed by atoms with van der Waals surface area (Å²) in [6.45, 7) is 2.42. The summed E-state index contributed by atoms with van der Waals surface area (Å²) in [4.78, 5) is 29.8. The molecule has 4 aromatic rings. The average Bonchev–Trinajstić information content (AvgIpc) is 3.53. The molecule has 3 heterocycles. The molecule has 0 saturated heterocycles. The zero-order chi connectivity index (χ0) is 29.2. The van der Waals surface area contributed by atoms with Gasteiger partial charge in [0.25, 0.3) is 5.91 Å². The zero-order valence-corrected chi connectivity index (χ0v) is 24.1. The van der Waals surface area contributed by atoms with E-state index in [9.17, 15) is 9.59 Å². The number of aryl methyl sites for hydroxylation is 1. The number of halogens is 4. The maximum absolute atomic E-state index is 15.9. The summed E-state index contributed by atoms with van der Waals surface area (Å²) in [6, 6.07) is 22.1. The fourth-order valence-corrected chi connectivity index (χ4v) is 6.43. The van der Waals surface area contributed by atoms with Gasteiger partial charge in [0.1, 0.15) is 0 Å². The fraction of sp³-hybridized carbons (Fsp3) is 0.233. The number of hydrogen-bond donors (Lipinski definition) is 0. The SMILES string of the molecule is CCOC(=O)[C@@]1(C(F)(F)F)c2c(C)nn(-c3ccccc3)c2O[C@@]12C(=O)N(Cc1ccccc1)c1ccc(I)cc12. The highest BCUT2D eigenvalue weighted by Crippen LogP contribution is 2.67. The number of carbonyl (C=O) groups excluding carboxylic acids is 2. The number of rotatable bonds is 5. The summed E-state index contributed by atoms with van der Waals surface area (Å²) in [5.41, 5.74) is -5.76. The van der Waals surface area contributed by atoms with E-state index in [1.165, 1.54) is 29.5 Å². The lowest BCUT2D eigenvalue weighted by atomic mass is 9.65. The van der Waals surface area contributed by atoms with Gasteiger partial charge in [-0.15, -0.1) is 0 Å². The lowest BCUT2D eigenvalue weighted by molar-refractivity contribution is -0.237. The van der Waals surface area contributed by atoms with Gasteiger partial charge in [0.05, 0.1) is 35.8 Å². The molecule has 0 saturated carbocycles. The van der Waals surface area contributed by atoms with Gasteiger partial charge in [0.15, 0.2) is 0 Å². The van der Waals surface area contributed by atoms with Gasteiger partial charge in [-0.05, 0) is 72.3 Å². The van der Waals surface area contributed by atoms with Gasteiger partial charge in [-0.1, -0.05) is 48.5 Å². The van der Waals surface area contributed by atoms with Crippen LogP contribution in [0.25, 0.3) is 5.69 Å². The second kappa shape index (κ2) is 9.61. The van der Waals surface area contributed by atoms with Crippen molar-refractivity contribution >= 4 is 40.2 Å². The molecule has 0 aliphatic carbocycles. The van der Waals surface area contributed by atoms with E-state index in [0.717, 1.165) is 0 Å². The van der Waals surface area contributed by atoms with Gasteiger partial charge in [-0.3, -0.25) is 9.59 Å². The van der Waals surface area contributed by atoms with Gasteiger partial charge < -0.3 is 14.4 Å². The highest BCUT2D eigenvalue weighted by molar-refractivity contribution is 14.1. The number of alkyl halides is 3. The van der Waals surface area contributed by atoms with Crippen molar-refractivity contribution in [3.63, 3.8) is 0 Å². The maximum atomic E-state index is 15.9. The van der Waals surface area contributed by atoms with Crippen molar-refractivity contribution in [3.05, 3.63) is 105 Å². The monoisotopic (exact) mass is 673 g/mol. The third kappa shape index (κ3) is 3.67. The summed E-state index contributed by atoms with van der Waals surface area (Å²) in [6.07, 6.45) is -5.32. The summed E-state index contributed by atoms with van der Waals surface area (Å²) in [5, 5.41) is 4.35. The van der Waals surface area contributed by atoms with Crippen LogP contribution in [-0.2, 0) is 31.9 Å². The van der Waals surface area contributed by atoms with Gasteiger partial charge >= 0.3 is 12.1 Å². The summed E-state index contributed by atoms with van der Waals surface area (Å²) in [5.74, 6) is -2.97. The van der Waals surface area contributed by atoms with Crippen molar-refractivity contribution in [1.29, 1.82) is 0 Å². The minimum atomic E-state index is -5.32. The number of fused-ring (bicyclic) bond motifs is 3. The predicted molar refractivity (Wildman–Crippen MR) is 152 cm³/mol. The molecule has 6 rings (SSSR count). The molecule has 41 heavy (non-hydrogen) atoms. The number of para-hydroxylation sites is 1. The van der Waals surface area contributed by atoms with E-state index in [1.807, 2.05) is 22.6 Å². The lowest BCUT2D eigenvalue weighted by Gasteiger charge is -2.40. The van der Waals surface area contributed by atoms with Crippen molar-refractivity contribution in [1.82, 2.24) is 9.78 Å². The van der Waals surface area contributed by atoms with Crippen LogP contribution in [0.5, 0.6) is 5.88 Å². The van der Waals surface area contributed by atoms with Crippen molar-refractivity contribution in [3.8, 4) is 11.6 Å². The molecule has 1 spiro atoms. The molecule has 2 aliphatic heterocycles. The number of hydrogen-bond acceptors (Lipinski definition) is 5. The van der Waals surface area contributed by atoms with Crippen LogP contribution in [0, 0.1) is 10.5 Å². The Balaban J connectivity index is 1.70. The van der Waals surface area contributed by atoms with Crippen LogP contribution >= 0.6 is 22.6 Å². The number of nitrogens with zero attached hydrogens (tertiary/aromatic N) is 3. The third-order valence-electron chi connectivity index (χ3n) is 7.54. The number of aromatic nitrogens is 2. The quantitative estimate of drug-likeness (QED) is 0.193. The molecular formula is C30H23F3IN3O4. The van der Waals surface area contributed by atoms with Crippen LogP contribution in [0.1, 0.15) is 29.3 Å². The number of carbonyl (C=O) groups is 2. The molecule has 0 bridgehead atoms. The Morgan fingerprint density at radius 3 is 2.34 bits per heavy atom. The number of benzene rings is 3. The first kappa shape index (κ1) is 27.3. The van der Waals surface area contributed by atoms with E-state index >= 15 is 13.2 Å². The molecule has 7 nitrogen and oxygen atoms in total. The standard InChI is InChI=1S/C30H23F3IN3O4/c1-3-40-27(39)28(30(31,32)33)24-18(2)35-37(21-12-8-5-9-13-21)25(24)41-29(28)22-16-20(34)14-15-23(22)36(26(29)38)17-19-10-6-4-7-11-19/h4-16H,3,17H2,1-2H3/t28-,29-/m0/s1. The molecule has 0 unspecified atom stereocenters. The Morgan fingerprint density at radius 1 is 1.05 bits per heavy atom. The van der Waals surface area contributed by atoms with E-state index in [1.54, 1.807) is 72.8 Å². The molecule has 1 aromatic heterocycles. The molecule has 2 aliphatic rings. The molecule has 3 aromatic carbocycles. The minimum Gasteiger partial charge on any atom is -0.465 e. The molecule has 2 atom stereocenters. The Kier molecular flexibility index (Phi) is 6.40. The summed E-state index contributed by atoms with van der Waals surface area (Å²) in [7, 11) is 0. The predicted octanol–water partition coefficient (Wildman–Crippen LogP) is 5.98. The largest absolute Gasteiger partial charge is 0.465 e. The Bertz CT molecular complexity index is 1680. The zero-order valence-electron chi connectivity index (χ0n) is 21.9. The van der Waals surface area contributed by atoms with E-state index in [-0.39, 0.29) is 36.0 Å². The second-order valence-electron chi connectivity index (χ2n) is 9.80. The first-order valence-electron chi connectivity index (χ1n) is 12.8. The van der Waals surface area contributed by atoms with Crippen molar-refractivity contribution in [2.24, 2.45) is 0 Å². The van der Waals surface area contributed by atoms with Crippen LogP contribution in [0.3, 0.4) is 0 Å². The van der Waals surface area contributed by atoms with E-state index in [2.05, 4.69) is 5.10 Å². The molecule has 0 fully saturated rings. The van der Waals surface area contributed by atoms with Crippen molar-refractivity contribution in [2.45, 2.75) is 37.6 Å². The first-order valence-corrected chi connectivity index (χ1v) is 13.9. The van der Waals surface area contributed by atoms with Crippen LogP contribution in [0.2, 0.25) is 0 Å². The molecular weight excluding hydrogens is 650 g/mol. The summed E-state index contributed by atoms with van der Waals surface area (Å²) < 4.78 is 60.9. The van der Waals surface area contributed by atoms with Gasteiger partial charge in [0.2, 0.25) is 16.9 Å². The molecule has 0 N–H and O–H groups in total. The molecule has 0 radical (unpaired) electrons. The smallest absolute Gasteiger partial charge is 0.414 e. The van der Waals surface area contributed by atoms with Gasteiger partial charge in [-0.25, -0.2) is 4.68 Å². The van der Waals surface area contributed by atoms with Crippen molar-refractivity contribution < 1.29 is 32.2 Å². The Hall–Kier alpha value is -3.87. The second-order valence-corrected chi connectivity index (χ2v) is 11.0. The van der Waals surface area contributed by atoms with E-state index < -0.39 is 34.6 Å². The molecule has 1 amide bonds. The fourth-order valence-electron chi connectivity index (χ4n) is 5.94. The number of esters is 1. The van der Waals surface area contributed by atoms with E-state index in [0.29, 0.717) is 14.8 Å². The lowest BCUT2D eigenvalue weighted by Crippen LogP contribution is -2.66. The highest BCUT2D eigenvalue weighted by atomic mass is 127. The van der Waals surface area contributed by atoms with Crippen LogP contribution in [-0.4, -0.2) is 34.4 Å². The minimum absolute atomic E-state index is 0.0325.